The first kappa shape index (κ1) is 9.53. The van der Waals surface area contributed by atoms with Gasteiger partial charge in [0, 0.05) is 0 Å². The van der Waals surface area contributed by atoms with Gasteiger partial charge in [-0.1, -0.05) is 6.92 Å². The molecule has 0 aromatic carbocycles. The molecule has 0 aromatic rings. The summed E-state index contributed by atoms with van der Waals surface area (Å²) < 4.78 is 10.2. The molecule has 0 aliphatic carbocycles. The van der Waals surface area contributed by atoms with Crippen LogP contribution in [0.15, 0.2) is 0 Å². The Kier molecular flexibility index (Phi) is 4.16. The molecular formula is C5H10O4P+. The predicted octanol–water partition coefficient (Wildman–Crippen LogP) is 0.832. The van der Waals surface area contributed by atoms with Crippen molar-refractivity contribution in [2.75, 3.05) is 6.16 Å². The maximum atomic E-state index is 10.2. The van der Waals surface area contributed by atoms with Crippen LogP contribution in [-0.4, -0.2) is 22.1 Å². The van der Waals surface area contributed by atoms with Gasteiger partial charge in [-0.15, -0.1) is 0 Å². The van der Waals surface area contributed by atoms with Gasteiger partial charge in [-0.05, 0) is 11.0 Å². The van der Waals surface area contributed by atoms with Crippen molar-refractivity contribution in [3.63, 3.8) is 0 Å². The lowest BCUT2D eigenvalue weighted by Crippen LogP contribution is -2.14. The first-order valence-electron chi connectivity index (χ1n) is 2.94. The van der Waals surface area contributed by atoms with E-state index in [9.17, 15) is 9.36 Å². The SMILES string of the molecule is CCC(C[P+](=O)O)C(=O)O. The van der Waals surface area contributed by atoms with E-state index < -0.39 is 19.9 Å². The molecule has 0 aliphatic heterocycles. The zero-order chi connectivity index (χ0) is 8.15. The zero-order valence-electron chi connectivity index (χ0n) is 5.65. The molecule has 2 N–H and O–H groups in total. The summed E-state index contributed by atoms with van der Waals surface area (Å²) in [6.45, 7) is 1.68. The summed E-state index contributed by atoms with van der Waals surface area (Å²) in [6, 6.07) is 0. The number of carboxylic acids is 1. The third kappa shape index (κ3) is 3.54. The molecule has 0 aromatic heterocycles. The number of aliphatic carboxylic acids is 1. The summed E-state index contributed by atoms with van der Waals surface area (Å²) in [5, 5.41) is 8.38. The molecule has 0 aliphatic rings. The van der Waals surface area contributed by atoms with Crippen molar-refractivity contribution in [2.45, 2.75) is 13.3 Å². The molecule has 0 saturated carbocycles. The van der Waals surface area contributed by atoms with Crippen LogP contribution in [0.2, 0.25) is 0 Å². The second-order valence-corrected chi connectivity index (χ2v) is 3.05. The van der Waals surface area contributed by atoms with Crippen LogP contribution < -0.4 is 0 Å². The fraction of sp³-hybridized carbons (Fsp3) is 0.800. The van der Waals surface area contributed by atoms with E-state index in [1.165, 1.54) is 0 Å². The second kappa shape index (κ2) is 4.36. The van der Waals surface area contributed by atoms with Crippen LogP contribution in [0.5, 0.6) is 0 Å². The largest absolute Gasteiger partial charge is 0.506 e. The van der Waals surface area contributed by atoms with Gasteiger partial charge in [0.2, 0.25) is 0 Å². The van der Waals surface area contributed by atoms with Crippen LogP contribution in [0.4, 0.5) is 0 Å². The fourth-order valence-corrected chi connectivity index (χ4v) is 1.36. The Balaban J connectivity index is 3.83. The standard InChI is InChI=1S/C5H9O4P/c1-2-4(5(6)7)3-10(8)9/h4H,2-3H2,1H3,(H-,6,7,8,9)/p+1. The summed E-state index contributed by atoms with van der Waals surface area (Å²) in [4.78, 5) is 18.6. The van der Waals surface area contributed by atoms with Gasteiger partial charge in [-0.25, -0.2) is 0 Å². The maximum Gasteiger partial charge on any atom is 0.506 e. The first-order valence-corrected chi connectivity index (χ1v) is 4.34. The highest BCUT2D eigenvalue weighted by Crippen LogP contribution is 2.20. The lowest BCUT2D eigenvalue weighted by Gasteiger charge is -1.98. The highest BCUT2D eigenvalue weighted by atomic mass is 31.1. The van der Waals surface area contributed by atoms with Gasteiger partial charge in [0.1, 0.15) is 5.92 Å². The fourth-order valence-electron chi connectivity index (χ4n) is 0.570. The zero-order valence-corrected chi connectivity index (χ0v) is 6.54. The van der Waals surface area contributed by atoms with Gasteiger partial charge < -0.3 is 5.11 Å². The topological polar surface area (TPSA) is 74.6 Å². The van der Waals surface area contributed by atoms with Crippen LogP contribution in [0.1, 0.15) is 13.3 Å². The van der Waals surface area contributed by atoms with Gasteiger partial charge in [-0.3, -0.25) is 4.79 Å². The molecule has 0 radical (unpaired) electrons. The molecule has 4 nitrogen and oxygen atoms in total. The molecule has 0 amide bonds. The summed E-state index contributed by atoms with van der Waals surface area (Å²) in [5.41, 5.74) is 0. The number of carboxylic acid groups (broad SMARTS) is 1. The van der Waals surface area contributed by atoms with E-state index in [0.29, 0.717) is 6.42 Å². The van der Waals surface area contributed by atoms with Crippen molar-refractivity contribution in [3.8, 4) is 0 Å². The molecule has 0 bridgehead atoms. The van der Waals surface area contributed by atoms with E-state index in [0.717, 1.165) is 0 Å². The lowest BCUT2D eigenvalue weighted by molar-refractivity contribution is -0.141. The van der Waals surface area contributed by atoms with Crippen LogP contribution in [0.25, 0.3) is 0 Å². The van der Waals surface area contributed by atoms with E-state index in [1.807, 2.05) is 0 Å². The van der Waals surface area contributed by atoms with E-state index in [2.05, 4.69) is 0 Å². The molecule has 2 unspecified atom stereocenters. The van der Waals surface area contributed by atoms with Gasteiger partial charge in [-0.2, -0.15) is 4.89 Å². The van der Waals surface area contributed by atoms with E-state index >= 15 is 0 Å². The quantitative estimate of drug-likeness (QED) is 0.605. The predicted molar refractivity (Wildman–Crippen MR) is 36.1 cm³/mol. The lowest BCUT2D eigenvalue weighted by atomic mass is 10.1. The third-order valence-electron chi connectivity index (χ3n) is 1.22. The Morgan fingerprint density at radius 1 is 1.70 bits per heavy atom. The molecular weight excluding hydrogens is 155 g/mol. The minimum atomic E-state index is -2.31. The number of hydrogen-bond acceptors (Lipinski definition) is 2. The van der Waals surface area contributed by atoms with Crippen molar-refractivity contribution >= 4 is 14.0 Å². The van der Waals surface area contributed by atoms with Gasteiger partial charge >= 0.3 is 14.0 Å². The number of hydrogen-bond donors (Lipinski definition) is 2. The normalized spacial score (nSPS) is 14.4. The van der Waals surface area contributed by atoms with Crippen molar-refractivity contribution in [1.29, 1.82) is 0 Å². The minimum Gasteiger partial charge on any atom is -0.481 e. The minimum absolute atomic E-state index is 0.138. The molecule has 5 heteroatoms. The highest BCUT2D eigenvalue weighted by molar-refractivity contribution is 7.38. The summed E-state index contributed by atoms with van der Waals surface area (Å²) >= 11 is 0. The molecule has 10 heavy (non-hydrogen) atoms. The van der Waals surface area contributed by atoms with Crippen LogP contribution in [-0.2, 0) is 9.36 Å². The summed E-state index contributed by atoms with van der Waals surface area (Å²) in [5.74, 6) is -1.67. The van der Waals surface area contributed by atoms with Crippen molar-refractivity contribution < 1.29 is 19.4 Å². The first-order chi connectivity index (χ1) is 4.57. The van der Waals surface area contributed by atoms with Crippen molar-refractivity contribution in [3.05, 3.63) is 0 Å². The second-order valence-electron chi connectivity index (χ2n) is 1.98. The van der Waals surface area contributed by atoms with Crippen LogP contribution >= 0.6 is 8.03 Å². The molecule has 58 valence electrons. The Hall–Kier alpha value is -0.470. The summed E-state index contributed by atoms with van der Waals surface area (Å²) in [6.07, 6.45) is 0.262. The Morgan fingerprint density at radius 3 is 2.30 bits per heavy atom. The molecule has 2 atom stereocenters. The third-order valence-corrected chi connectivity index (χ3v) is 1.97. The molecule has 0 spiro atoms. The van der Waals surface area contributed by atoms with Gasteiger partial charge in [0.15, 0.2) is 6.16 Å². The highest BCUT2D eigenvalue weighted by Gasteiger charge is 2.25. The van der Waals surface area contributed by atoms with Crippen LogP contribution in [0.3, 0.4) is 0 Å². The van der Waals surface area contributed by atoms with Gasteiger partial charge in [0.05, 0.1) is 0 Å². The van der Waals surface area contributed by atoms with E-state index in [4.69, 9.17) is 10.00 Å². The van der Waals surface area contributed by atoms with E-state index in [-0.39, 0.29) is 6.16 Å². The Morgan fingerprint density at radius 2 is 2.20 bits per heavy atom. The smallest absolute Gasteiger partial charge is 0.481 e. The van der Waals surface area contributed by atoms with Crippen LogP contribution in [0, 0.1) is 5.92 Å². The number of rotatable bonds is 4. The van der Waals surface area contributed by atoms with E-state index in [1.54, 1.807) is 6.92 Å². The average Bonchev–Trinajstić information content (AvgIpc) is 1.81. The summed E-state index contributed by atoms with van der Waals surface area (Å²) in [7, 11) is -2.31. The Labute approximate surface area is 59.7 Å². The molecule has 0 fully saturated rings. The van der Waals surface area contributed by atoms with Crippen molar-refractivity contribution in [2.24, 2.45) is 5.92 Å². The average molecular weight is 165 g/mol. The van der Waals surface area contributed by atoms with Crippen molar-refractivity contribution in [1.82, 2.24) is 0 Å². The molecule has 0 heterocycles. The maximum absolute atomic E-state index is 10.2. The monoisotopic (exact) mass is 165 g/mol. The van der Waals surface area contributed by atoms with Gasteiger partial charge in [0.25, 0.3) is 0 Å². The molecule has 0 saturated heterocycles. The Bertz CT molecular complexity index is 145. The number of carbonyl (C=O) groups is 1. The molecule has 0 rings (SSSR count).